The summed E-state index contributed by atoms with van der Waals surface area (Å²) in [6.45, 7) is 0. The van der Waals surface area contributed by atoms with Crippen LogP contribution < -0.4 is 5.32 Å². The van der Waals surface area contributed by atoms with Crippen LogP contribution in [0.25, 0.3) is 0 Å². The van der Waals surface area contributed by atoms with E-state index in [-0.39, 0.29) is 17.9 Å². The van der Waals surface area contributed by atoms with Crippen molar-refractivity contribution in [3.05, 3.63) is 16.6 Å². The molecule has 0 aromatic carbocycles. The van der Waals surface area contributed by atoms with E-state index in [2.05, 4.69) is 10.3 Å². The first-order valence-electron chi connectivity index (χ1n) is 6.05. The maximum absolute atomic E-state index is 11.7. The molecule has 5 nitrogen and oxygen atoms in total. The summed E-state index contributed by atoms with van der Waals surface area (Å²) >= 11 is 1.54. The number of nitrogens with one attached hydrogen (secondary N) is 1. The van der Waals surface area contributed by atoms with E-state index in [0.717, 1.165) is 11.4 Å². The molecule has 0 bridgehead atoms. The molecule has 1 aromatic rings. The van der Waals surface area contributed by atoms with Gasteiger partial charge in [-0.2, -0.15) is 0 Å². The summed E-state index contributed by atoms with van der Waals surface area (Å²) in [7, 11) is 0. The van der Waals surface area contributed by atoms with Gasteiger partial charge in [-0.1, -0.05) is 0 Å². The van der Waals surface area contributed by atoms with Gasteiger partial charge in [0, 0.05) is 30.5 Å². The van der Waals surface area contributed by atoms with Crippen LogP contribution in [-0.4, -0.2) is 28.0 Å². The third-order valence-corrected chi connectivity index (χ3v) is 4.04. The molecule has 1 amide bonds. The maximum atomic E-state index is 11.7. The summed E-state index contributed by atoms with van der Waals surface area (Å²) in [6, 6.07) is 0.0231. The molecular formula is C12H16N2O3S. The van der Waals surface area contributed by atoms with E-state index in [1.54, 1.807) is 17.5 Å². The van der Waals surface area contributed by atoms with Crippen molar-refractivity contribution in [3.8, 4) is 0 Å². The lowest BCUT2D eigenvalue weighted by atomic mass is 10.1. The van der Waals surface area contributed by atoms with Gasteiger partial charge in [0.2, 0.25) is 5.91 Å². The van der Waals surface area contributed by atoms with Gasteiger partial charge >= 0.3 is 5.97 Å². The van der Waals surface area contributed by atoms with Crippen molar-refractivity contribution in [1.82, 2.24) is 10.3 Å². The van der Waals surface area contributed by atoms with Crippen LogP contribution in [0.3, 0.4) is 0 Å². The predicted molar refractivity (Wildman–Crippen MR) is 67.3 cm³/mol. The number of aliphatic carboxylic acids is 1. The summed E-state index contributed by atoms with van der Waals surface area (Å²) in [4.78, 5) is 26.6. The quantitative estimate of drug-likeness (QED) is 0.847. The van der Waals surface area contributed by atoms with Gasteiger partial charge in [-0.3, -0.25) is 9.59 Å². The first kappa shape index (κ1) is 13.0. The largest absolute Gasteiger partial charge is 0.481 e. The van der Waals surface area contributed by atoms with Crippen LogP contribution in [0.4, 0.5) is 0 Å². The molecule has 6 heteroatoms. The lowest BCUT2D eigenvalue weighted by Crippen LogP contribution is -2.33. The molecular weight excluding hydrogens is 252 g/mol. The van der Waals surface area contributed by atoms with Crippen LogP contribution >= 0.6 is 11.3 Å². The average molecular weight is 268 g/mol. The van der Waals surface area contributed by atoms with E-state index in [1.165, 1.54) is 0 Å². The molecule has 1 aromatic heterocycles. The van der Waals surface area contributed by atoms with E-state index < -0.39 is 5.97 Å². The predicted octanol–water partition coefficient (Wildman–Crippen LogP) is 1.45. The van der Waals surface area contributed by atoms with Gasteiger partial charge in [0.05, 0.1) is 10.9 Å². The van der Waals surface area contributed by atoms with Crippen LogP contribution in [0.15, 0.2) is 11.6 Å². The molecule has 1 fully saturated rings. The van der Waals surface area contributed by atoms with Gasteiger partial charge in [0.1, 0.15) is 0 Å². The molecule has 1 aliphatic carbocycles. The first-order chi connectivity index (χ1) is 8.65. The van der Waals surface area contributed by atoms with Crippen molar-refractivity contribution in [2.24, 2.45) is 5.92 Å². The second-order valence-electron chi connectivity index (χ2n) is 4.54. The van der Waals surface area contributed by atoms with Crippen LogP contribution in [0.5, 0.6) is 0 Å². The molecule has 2 N–H and O–H groups in total. The maximum Gasteiger partial charge on any atom is 0.306 e. The minimum absolute atomic E-state index is 0.0127. The number of carboxylic acids is 1. The number of aromatic nitrogens is 1. The van der Waals surface area contributed by atoms with Crippen molar-refractivity contribution in [3.63, 3.8) is 0 Å². The Morgan fingerprint density at radius 3 is 2.94 bits per heavy atom. The fraction of sp³-hybridized carbons (Fsp3) is 0.583. The van der Waals surface area contributed by atoms with Crippen molar-refractivity contribution in [2.75, 3.05) is 0 Å². The first-order valence-corrected chi connectivity index (χ1v) is 6.93. The zero-order valence-electron chi connectivity index (χ0n) is 9.96. The van der Waals surface area contributed by atoms with Crippen LogP contribution in [0, 0.1) is 5.92 Å². The van der Waals surface area contributed by atoms with Gasteiger partial charge in [-0.15, -0.1) is 11.3 Å². The molecule has 2 atom stereocenters. The SMILES string of the molecule is O=C(CCc1nccs1)N[C@@H]1CC[C@H](C(=O)O)C1. The van der Waals surface area contributed by atoms with Gasteiger partial charge in [0.25, 0.3) is 0 Å². The summed E-state index contributed by atoms with van der Waals surface area (Å²) < 4.78 is 0. The number of aryl methyl sites for hydroxylation is 1. The number of hydrogen-bond donors (Lipinski definition) is 2. The van der Waals surface area contributed by atoms with Gasteiger partial charge in [-0.05, 0) is 19.3 Å². The third kappa shape index (κ3) is 3.53. The number of hydrogen-bond acceptors (Lipinski definition) is 4. The number of thiazole rings is 1. The lowest BCUT2D eigenvalue weighted by molar-refractivity contribution is -0.141. The van der Waals surface area contributed by atoms with Crippen molar-refractivity contribution >= 4 is 23.2 Å². The molecule has 0 aliphatic heterocycles. The summed E-state index contributed by atoms with van der Waals surface area (Å²) in [5.74, 6) is -1.06. The lowest BCUT2D eigenvalue weighted by Gasteiger charge is -2.11. The summed E-state index contributed by atoms with van der Waals surface area (Å²) in [5, 5.41) is 14.6. The zero-order valence-corrected chi connectivity index (χ0v) is 10.8. The third-order valence-electron chi connectivity index (χ3n) is 3.20. The van der Waals surface area contributed by atoms with Gasteiger partial charge < -0.3 is 10.4 Å². The normalized spacial score (nSPS) is 22.9. The van der Waals surface area contributed by atoms with E-state index in [9.17, 15) is 9.59 Å². The Hall–Kier alpha value is -1.43. The van der Waals surface area contributed by atoms with E-state index in [1.807, 2.05) is 5.38 Å². The molecule has 0 spiro atoms. The number of carbonyl (C=O) groups is 2. The Kier molecular flexibility index (Phi) is 4.30. The monoisotopic (exact) mass is 268 g/mol. The number of rotatable bonds is 5. The van der Waals surface area contributed by atoms with Crippen LogP contribution in [-0.2, 0) is 16.0 Å². The highest BCUT2D eigenvalue weighted by Crippen LogP contribution is 2.25. The molecule has 1 aliphatic rings. The summed E-state index contributed by atoms with van der Waals surface area (Å²) in [5.41, 5.74) is 0. The zero-order chi connectivity index (χ0) is 13.0. The topological polar surface area (TPSA) is 79.3 Å². The van der Waals surface area contributed by atoms with Crippen molar-refractivity contribution in [1.29, 1.82) is 0 Å². The molecule has 98 valence electrons. The molecule has 2 rings (SSSR count). The molecule has 1 heterocycles. The highest BCUT2D eigenvalue weighted by Gasteiger charge is 2.30. The number of nitrogens with zero attached hydrogens (tertiary/aromatic N) is 1. The average Bonchev–Trinajstić information content (AvgIpc) is 2.96. The number of carbonyl (C=O) groups excluding carboxylic acids is 1. The second kappa shape index (κ2) is 5.95. The Bertz CT molecular complexity index is 419. The fourth-order valence-corrected chi connectivity index (χ4v) is 2.85. The number of carboxylic acid groups (broad SMARTS) is 1. The van der Waals surface area contributed by atoms with Crippen molar-refractivity contribution < 1.29 is 14.7 Å². The standard InChI is InChI=1S/C12H16N2O3S/c15-10(3-4-11-13-5-6-18-11)14-9-2-1-8(7-9)12(16)17/h5-6,8-9H,1-4,7H2,(H,14,15)(H,16,17)/t8-,9+/m0/s1. The molecule has 18 heavy (non-hydrogen) atoms. The highest BCUT2D eigenvalue weighted by molar-refractivity contribution is 7.09. The second-order valence-corrected chi connectivity index (χ2v) is 5.52. The molecule has 0 unspecified atom stereocenters. The highest BCUT2D eigenvalue weighted by atomic mass is 32.1. The minimum atomic E-state index is -0.755. The Labute approximate surface area is 109 Å². The minimum Gasteiger partial charge on any atom is -0.481 e. The van der Waals surface area contributed by atoms with E-state index in [0.29, 0.717) is 25.7 Å². The smallest absolute Gasteiger partial charge is 0.306 e. The molecule has 0 saturated heterocycles. The molecule has 0 radical (unpaired) electrons. The van der Waals surface area contributed by atoms with Crippen LogP contribution in [0.1, 0.15) is 30.7 Å². The molecule has 1 saturated carbocycles. The Morgan fingerprint density at radius 1 is 1.50 bits per heavy atom. The van der Waals surface area contributed by atoms with Crippen LogP contribution in [0.2, 0.25) is 0 Å². The fourth-order valence-electron chi connectivity index (χ4n) is 2.23. The Morgan fingerprint density at radius 2 is 2.33 bits per heavy atom. The number of amides is 1. The van der Waals surface area contributed by atoms with Crippen molar-refractivity contribution in [2.45, 2.75) is 38.1 Å². The van der Waals surface area contributed by atoms with Gasteiger partial charge in [-0.25, -0.2) is 4.98 Å². The van der Waals surface area contributed by atoms with E-state index in [4.69, 9.17) is 5.11 Å². The van der Waals surface area contributed by atoms with E-state index >= 15 is 0 Å². The summed E-state index contributed by atoms with van der Waals surface area (Å²) in [6.07, 6.45) is 4.78. The van der Waals surface area contributed by atoms with Gasteiger partial charge in [0.15, 0.2) is 0 Å². The Balaban J connectivity index is 1.70.